The number of nitrogens with one attached hydrogen (secondary N) is 1. The fourth-order valence-corrected chi connectivity index (χ4v) is 1.97. The summed E-state index contributed by atoms with van der Waals surface area (Å²) in [6.07, 6.45) is 1.26. The minimum Gasteiger partial charge on any atom is -0.462 e. The minimum absolute atomic E-state index is 0.157. The van der Waals surface area contributed by atoms with Gasteiger partial charge in [0.2, 0.25) is 0 Å². The van der Waals surface area contributed by atoms with Gasteiger partial charge in [-0.1, -0.05) is 0 Å². The van der Waals surface area contributed by atoms with E-state index in [1.165, 1.54) is 29.0 Å². The molecule has 1 N–H and O–H groups in total. The summed E-state index contributed by atoms with van der Waals surface area (Å²) < 4.78 is 6.24. The molecule has 1 amide bonds. The second kappa shape index (κ2) is 6.73. The molecule has 1 heterocycles. The Kier molecular flexibility index (Phi) is 4.75. The Morgan fingerprint density at radius 3 is 2.48 bits per heavy atom. The first kappa shape index (κ1) is 16.2. The first-order chi connectivity index (χ1) is 10.9. The molecule has 2 rings (SSSR count). The first-order valence-electron chi connectivity index (χ1n) is 6.81. The SMILES string of the molecule is CCOC(=O)c1ccc(NC(=O)c2cc([N+](=O)[O-])cn2C)cc1. The smallest absolute Gasteiger partial charge is 0.338 e. The summed E-state index contributed by atoms with van der Waals surface area (Å²) in [4.78, 5) is 33.8. The van der Waals surface area contributed by atoms with E-state index in [4.69, 9.17) is 4.74 Å². The number of anilines is 1. The van der Waals surface area contributed by atoms with Crippen molar-refractivity contribution in [1.29, 1.82) is 0 Å². The summed E-state index contributed by atoms with van der Waals surface area (Å²) in [6.45, 7) is 2.00. The van der Waals surface area contributed by atoms with Gasteiger partial charge in [0.25, 0.3) is 11.6 Å². The number of aryl methyl sites for hydroxylation is 1. The molecule has 0 aliphatic rings. The fraction of sp³-hybridized carbons (Fsp3) is 0.200. The zero-order chi connectivity index (χ0) is 17.0. The van der Waals surface area contributed by atoms with E-state index in [1.807, 2.05) is 0 Å². The van der Waals surface area contributed by atoms with Crippen LogP contribution in [-0.4, -0.2) is 28.0 Å². The standard InChI is InChI=1S/C15H15N3O5/c1-3-23-15(20)10-4-6-11(7-5-10)16-14(19)13-8-12(18(21)22)9-17(13)2/h4-9H,3H2,1-2H3,(H,16,19). The quantitative estimate of drug-likeness (QED) is 0.518. The highest BCUT2D eigenvalue weighted by Gasteiger charge is 2.17. The maximum absolute atomic E-state index is 12.1. The molecule has 0 unspecified atom stereocenters. The molecular formula is C15H15N3O5. The van der Waals surface area contributed by atoms with E-state index in [2.05, 4.69) is 5.32 Å². The molecule has 2 aromatic rings. The summed E-state index contributed by atoms with van der Waals surface area (Å²) in [5.41, 5.74) is 0.840. The van der Waals surface area contributed by atoms with E-state index in [9.17, 15) is 19.7 Å². The van der Waals surface area contributed by atoms with Crippen LogP contribution in [-0.2, 0) is 11.8 Å². The van der Waals surface area contributed by atoms with E-state index < -0.39 is 16.8 Å². The van der Waals surface area contributed by atoms with Gasteiger partial charge in [-0.15, -0.1) is 0 Å². The lowest BCUT2D eigenvalue weighted by Crippen LogP contribution is -2.15. The number of rotatable bonds is 5. The highest BCUT2D eigenvalue weighted by atomic mass is 16.6. The summed E-state index contributed by atoms with van der Waals surface area (Å²) in [5.74, 6) is -0.923. The largest absolute Gasteiger partial charge is 0.462 e. The van der Waals surface area contributed by atoms with Gasteiger partial charge in [-0.2, -0.15) is 0 Å². The van der Waals surface area contributed by atoms with E-state index in [-0.39, 0.29) is 18.0 Å². The average Bonchev–Trinajstić information content (AvgIpc) is 2.90. The average molecular weight is 317 g/mol. The van der Waals surface area contributed by atoms with Crippen molar-refractivity contribution < 1.29 is 19.2 Å². The molecule has 0 spiro atoms. The molecule has 0 saturated heterocycles. The number of hydrogen-bond donors (Lipinski definition) is 1. The summed E-state index contributed by atoms with van der Waals surface area (Å²) in [7, 11) is 1.55. The third-order valence-electron chi connectivity index (χ3n) is 3.09. The summed E-state index contributed by atoms with van der Waals surface area (Å²) in [5, 5.41) is 13.3. The van der Waals surface area contributed by atoms with Crippen molar-refractivity contribution in [2.24, 2.45) is 7.05 Å². The molecule has 0 aliphatic carbocycles. The molecular weight excluding hydrogens is 302 g/mol. The Balaban J connectivity index is 2.11. The maximum atomic E-state index is 12.1. The zero-order valence-electron chi connectivity index (χ0n) is 12.6. The zero-order valence-corrected chi connectivity index (χ0v) is 12.6. The van der Waals surface area contributed by atoms with Crippen molar-refractivity contribution >= 4 is 23.3 Å². The van der Waals surface area contributed by atoms with Gasteiger partial charge in [-0.05, 0) is 31.2 Å². The van der Waals surface area contributed by atoms with Crippen LogP contribution in [0, 0.1) is 10.1 Å². The molecule has 0 aliphatic heterocycles. The van der Waals surface area contributed by atoms with Crippen LogP contribution in [0.3, 0.4) is 0 Å². The molecule has 8 heteroatoms. The van der Waals surface area contributed by atoms with Crippen molar-refractivity contribution in [3.05, 3.63) is 57.9 Å². The number of carbonyl (C=O) groups excluding carboxylic acids is 2. The van der Waals surface area contributed by atoms with Crippen LogP contribution in [0.15, 0.2) is 36.5 Å². The van der Waals surface area contributed by atoms with Crippen LogP contribution >= 0.6 is 0 Å². The molecule has 0 atom stereocenters. The van der Waals surface area contributed by atoms with Crippen LogP contribution in [0.5, 0.6) is 0 Å². The number of benzene rings is 1. The van der Waals surface area contributed by atoms with Gasteiger partial charge in [0.1, 0.15) is 5.69 Å². The fourth-order valence-electron chi connectivity index (χ4n) is 1.97. The highest BCUT2D eigenvalue weighted by molar-refractivity contribution is 6.03. The van der Waals surface area contributed by atoms with Crippen LogP contribution in [0.4, 0.5) is 11.4 Å². The van der Waals surface area contributed by atoms with Crippen LogP contribution in [0.1, 0.15) is 27.8 Å². The lowest BCUT2D eigenvalue weighted by atomic mass is 10.2. The Labute approximate surface area is 131 Å². The van der Waals surface area contributed by atoms with Crippen LogP contribution in [0.25, 0.3) is 0 Å². The van der Waals surface area contributed by atoms with E-state index in [1.54, 1.807) is 26.1 Å². The number of aromatic nitrogens is 1. The molecule has 1 aromatic carbocycles. The van der Waals surface area contributed by atoms with E-state index in [0.717, 1.165) is 0 Å². The third kappa shape index (κ3) is 3.73. The predicted octanol–water partition coefficient (Wildman–Crippen LogP) is 2.36. The second-order valence-electron chi connectivity index (χ2n) is 4.70. The monoisotopic (exact) mass is 317 g/mol. The minimum atomic E-state index is -0.565. The lowest BCUT2D eigenvalue weighted by Gasteiger charge is -2.07. The van der Waals surface area contributed by atoms with Gasteiger partial charge in [0.15, 0.2) is 0 Å². The van der Waals surface area contributed by atoms with E-state index in [0.29, 0.717) is 11.3 Å². The second-order valence-corrected chi connectivity index (χ2v) is 4.70. The molecule has 23 heavy (non-hydrogen) atoms. The van der Waals surface area contributed by atoms with Gasteiger partial charge in [-0.3, -0.25) is 14.9 Å². The Bertz CT molecular complexity index is 749. The number of nitro groups is 1. The number of hydrogen-bond acceptors (Lipinski definition) is 5. The molecule has 120 valence electrons. The lowest BCUT2D eigenvalue weighted by molar-refractivity contribution is -0.384. The van der Waals surface area contributed by atoms with Crippen LogP contribution in [0.2, 0.25) is 0 Å². The summed E-state index contributed by atoms with van der Waals surface area (Å²) >= 11 is 0. The molecule has 0 bridgehead atoms. The molecule has 0 fully saturated rings. The van der Waals surface area contributed by atoms with Crippen molar-refractivity contribution in [2.45, 2.75) is 6.92 Å². The normalized spacial score (nSPS) is 10.2. The van der Waals surface area contributed by atoms with Crippen molar-refractivity contribution in [2.75, 3.05) is 11.9 Å². The van der Waals surface area contributed by atoms with Gasteiger partial charge < -0.3 is 14.6 Å². The molecule has 0 radical (unpaired) electrons. The van der Waals surface area contributed by atoms with Crippen molar-refractivity contribution in [3.63, 3.8) is 0 Å². The van der Waals surface area contributed by atoms with Crippen molar-refractivity contribution in [1.82, 2.24) is 4.57 Å². The molecule has 0 saturated carbocycles. The Morgan fingerprint density at radius 2 is 1.96 bits per heavy atom. The van der Waals surface area contributed by atoms with Gasteiger partial charge in [0.05, 0.1) is 23.3 Å². The predicted molar refractivity (Wildman–Crippen MR) is 82.4 cm³/mol. The highest BCUT2D eigenvalue weighted by Crippen LogP contribution is 2.17. The Morgan fingerprint density at radius 1 is 1.30 bits per heavy atom. The van der Waals surface area contributed by atoms with Gasteiger partial charge in [0, 0.05) is 18.8 Å². The number of carbonyl (C=O) groups is 2. The molecule has 8 nitrogen and oxygen atoms in total. The maximum Gasteiger partial charge on any atom is 0.338 e. The summed E-state index contributed by atoms with van der Waals surface area (Å²) in [6, 6.07) is 7.37. The van der Waals surface area contributed by atoms with Crippen molar-refractivity contribution in [3.8, 4) is 0 Å². The number of amides is 1. The van der Waals surface area contributed by atoms with E-state index >= 15 is 0 Å². The van der Waals surface area contributed by atoms with Crippen LogP contribution < -0.4 is 5.32 Å². The van der Waals surface area contributed by atoms with Gasteiger partial charge >= 0.3 is 5.97 Å². The number of nitrogens with zero attached hydrogens (tertiary/aromatic N) is 2. The Hall–Kier alpha value is -3.16. The first-order valence-corrected chi connectivity index (χ1v) is 6.81. The third-order valence-corrected chi connectivity index (χ3v) is 3.09. The number of ether oxygens (including phenoxy) is 1. The van der Waals surface area contributed by atoms with Gasteiger partial charge in [-0.25, -0.2) is 4.79 Å². The number of esters is 1. The topological polar surface area (TPSA) is 103 Å². The molecule has 1 aromatic heterocycles.